The van der Waals surface area contributed by atoms with E-state index < -0.39 is 5.60 Å². The number of rotatable bonds is 2. The minimum Gasteiger partial charge on any atom is -0.444 e. The van der Waals surface area contributed by atoms with Crippen molar-refractivity contribution in [2.24, 2.45) is 0 Å². The zero-order chi connectivity index (χ0) is 11.4. The van der Waals surface area contributed by atoms with E-state index in [-0.39, 0.29) is 12.1 Å². The number of likely N-dealkylation sites (N-methyl/N-ethyl adjacent to an activating group) is 1. The fourth-order valence-electron chi connectivity index (χ4n) is 0.908. The van der Waals surface area contributed by atoms with Crippen LogP contribution in [0.15, 0.2) is 12.2 Å². The molecule has 0 radical (unpaired) electrons. The minimum absolute atomic E-state index is 0.0647. The summed E-state index contributed by atoms with van der Waals surface area (Å²) in [5, 5.41) is 0. The first-order valence-corrected chi connectivity index (χ1v) is 4.86. The first-order chi connectivity index (χ1) is 6.28. The second kappa shape index (κ2) is 5.03. The van der Waals surface area contributed by atoms with Gasteiger partial charge in [0, 0.05) is 7.05 Å². The van der Waals surface area contributed by atoms with Gasteiger partial charge in [0.15, 0.2) is 0 Å². The fraction of sp³-hybridized carbons (Fsp3) is 0.727. The van der Waals surface area contributed by atoms with E-state index in [1.165, 1.54) is 0 Å². The monoisotopic (exact) mass is 199 g/mol. The van der Waals surface area contributed by atoms with E-state index >= 15 is 0 Å². The number of allylic oxidation sites excluding steroid dienone is 1. The van der Waals surface area contributed by atoms with Crippen molar-refractivity contribution in [3.05, 3.63) is 12.2 Å². The van der Waals surface area contributed by atoms with E-state index in [0.717, 1.165) is 0 Å². The van der Waals surface area contributed by atoms with Crippen LogP contribution in [0.2, 0.25) is 0 Å². The molecule has 0 aliphatic heterocycles. The van der Waals surface area contributed by atoms with Crippen LogP contribution in [0.25, 0.3) is 0 Å². The molecule has 0 aliphatic rings. The van der Waals surface area contributed by atoms with Gasteiger partial charge in [0.05, 0.1) is 6.04 Å². The van der Waals surface area contributed by atoms with Crippen LogP contribution in [0.5, 0.6) is 0 Å². The van der Waals surface area contributed by atoms with Crippen LogP contribution in [0, 0.1) is 0 Å². The van der Waals surface area contributed by atoms with Crippen molar-refractivity contribution in [3.63, 3.8) is 0 Å². The van der Waals surface area contributed by atoms with Gasteiger partial charge in [-0.25, -0.2) is 4.79 Å². The van der Waals surface area contributed by atoms with E-state index in [1.807, 2.05) is 46.8 Å². The number of nitrogens with zero attached hydrogens (tertiary/aromatic N) is 1. The molecule has 0 aromatic rings. The molecule has 0 rings (SSSR count). The maximum absolute atomic E-state index is 11.5. The molecular weight excluding hydrogens is 178 g/mol. The first kappa shape index (κ1) is 13.0. The Kier molecular flexibility index (Phi) is 4.68. The van der Waals surface area contributed by atoms with Gasteiger partial charge < -0.3 is 9.64 Å². The summed E-state index contributed by atoms with van der Waals surface area (Å²) >= 11 is 0. The predicted molar refractivity (Wildman–Crippen MR) is 58.3 cm³/mol. The molecule has 0 fully saturated rings. The Balaban J connectivity index is 4.26. The lowest BCUT2D eigenvalue weighted by molar-refractivity contribution is 0.0266. The lowest BCUT2D eigenvalue weighted by Crippen LogP contribution is -2.38. The molecule has 0 bridgehead atoms. The van der Waals surface area contributed by atoms with Crippen LogP contribution in [0.1, 0.15) is 34.6 Å². The Labute approximate surface area is 86.7 Å². The van der Waals surface area contributed by atoms with Gasteiger partial charge in [0.25, 0.3) is 0 Å². The van der Waals surface area contributed by atoms with Crippen molar-refractivity contribution in [1.29, 1.82) is 0 Å². The summed E-state index contributed by atoms with van der Waals surface area (Å²) in [5.41, 5.74) is -0.430. The summed E-state index contributed by atoms with van der Waals surface area (Å²) in [7, 11) is 1.73. The van der Waals surface area contributed by atoms with E-state index in [0.29, 0.717) is 0 Å². The Morgan fingerprint density at radius 3 is 2.29 bits per heavy atom. The summed E-state index contributed by atoms with van der Waals surface area (Å²) in [5.74, 6) is 0. The number of hydrogen-bond acceptors (Lipinski definition) is 2. The lowest BCUT2D eigenvalue weighted by atomic mass is 10.2. The van der Waals surface area contributed by atoms with Crippen LogP contribution in [0.3, 0.4) is 0 Å². The number of carbonyl (C=O) groups is 1. The third-order valence-electron chi connectivity index (χ3n) is 1.76. The molecule has 0 spiro atoms. The van der Waals surface area contributed by atoms with Gasteiger partial charge in [0.1, 0.15) is 5.60 Å². The molecule has 14 heavy (non-hydrogen) atoms. The SMILES string of the molecule is C/C=C\[C@H](C)N(C)C(=O)OC(C)(C)C. The second-order valence-electron chi connectivity index (χ2n) is 4.36. The highest BCUT2D eigenvalue weighted by Gasteiger charge is 2.21. The van der Waals surface area contributed by atoms with E-state index in [4.69, 9.17) is 4.74 Å². The van der Waals surface area contributed by atoms with Gasteiger partial charge in [0.2, 0.25) is 0 Å². The molecule has 3 heteroatoms. The van der Waals surface area contributed by atoms with Crippen molar-refractivity contribution in [2.75, 3.05) is 7.05 Å². The summed E-state index contributed by atoms with van der Waals surface area (Å²) in [4.78, 5) is 13.1. The van der Waals surface area contributed by atoms with Crippen molar-refractivity contribution in [1.82, 2.24) is 4.90 Å². The number of carbonyl (C=O) groups excluding carboxylic acids is 1. The van der Waals surface area contributed by atoms with Crippen molar-refractivity contribution in [3.8, 4) is 0 Å². The standard InChI is InChI=1S/C11H21NO2/c1-7-8-9(2)12(6)10(13)14-11(3,4)5/h7-9H,1-6H3/b8-7-/t9-/m0/s1. The van der Waals surface area contributed by atoms with E-state index in [9.17, 15) is 4.79 Å². The Morgan fingerprint density at radius 2 is 1.93 bits per heavy atom. The molecule has 82 valence electrons. The topological polar surface area (TPSA) is 29.5 Å². The maximum Gasteiger partial charge on any atom is 0.410 e. The molecule has 0 heterocycles. The molecule has 0 saturated carbocycles. The Hall–Kier alpha value is -0.990. The highest BCUT2D eigenvalue weighted by atomic mass is 16.6. The smallest absolute Gasteiger partial charge is 0.410 e. The van der Waals surface area contributed by atoms with Crippen LogP contribution >= 0.6 is 0 Å². The average molecular weight is 199 g/mol. The molecule has 0 aromatic carbocycles. The molecule has 0 aliphatic carbocycles. The Bertz CT molecular complexity index is 216. The van der Waals surface area contributed by atoms with Crippen LogP contribution < -0.4 is 0 Å². The Morgan fingerprint density at radius 1 is 1.43 bits per heavy atom. The van der Waals surface area contributed by atoms with E-state index in [1.54, 1.807) is 11.9 Å². The molecule has 3 nitrogen and oxygen atoms in total. The van der Waals surface area contributed by atoms with E-state index in [2.05, 4.69) is 0 Å². The molecule has 0 saturated heterocycles. The van der Waals surface area contributed by atoms with Gasteiger partial charge in [-0.2, -0.15) is 0 Å². The van der Waals surface area contributed by atoms with Crippen LogP contribution in [-0.2, 0) is 4.74 Å². The normalized spacial score (nSPS) is 14.1. The quantitative estimate of drug-likeness (QED) is 0.640. The second-order valence-corrected chi connectivity index (χ2v) is 4.36. The molecule has 1 amide bonds. The molecule has 0 unspecified atom stereocenters. The highest BCUT2D eigenvalue weighted by molar-refractivity contribution is 5.68. The lowest BCUT2D eigenvalue weighted by Gasteiger charge is -2.27. The number of ether oxygens (including phenoxy) is 1. The summed E-state index contributed by atoms with van der Waals surface area (Å²) in [6.07, 6.45) is 3.58. The number of amides is 1. The largest absolute Gasteiger partial charge is 0.444 e. The number of hydrogen-bond donors (Lipinski definition) is 0. The third-order valence-corrected chi connectivity index (χ3v) is 1.76. The molecule has 1 atom stereocenters. The van der Waals surface area contributed by atoms with Crippen LogP contribution in [0.4, 0.5) is 4.79 Å². The third kappa shape index (κ3) is 4.90. The summed E-state index contributed by atoms with van der Waals surface area (Å²) in [6.45, 7) is 9.46. The average Bonchev–Trinajstić information content (AvgIpc) is 2.00. The van der Waals surface area contributed by atoms with Gasteiger partial charge in [-0.1, -0.05) is 12.2 Å². The molecule has 0 aromatic heterocycles. The van der Waals surface area contributed by atoms with Gasteiger partial charge in [-0.15, -0.1) is 0 Å². The van der Waals surface area contributed by atoms with Gasteiger partial charge in [-0.05, 0) is 34.6 Å². The fourth-order valence-corrected chi connectivity index (χ4v) is 0.908. The molecular formula is C11H21NO2. The van der Waals surface area contributed by atoms with Crippen molar-refractivity contribution in [2.45, 2.75) is 46.3 Å². The maximum atomic E-state index is 11.5. The minimum atomic E-state index is -0.430. The highest BCUT2D eigenvalue weighted by Crippen LogP contribution is 2.10. The van der Waals surface area contributed by atoms with Crippen molar-refractivity contribution >= 4 is 6.09 Å². The van der Waals surface area contributed by atoms with Crippen molar-refractivity contribution < 1.29 is 9.53 Å². The summed E-state index contributed by atoms with van der Waals surface area (Å²) in [6, 6.07) is 0.0647. The van der Waals surface area contributed by atoms with Gasteiger partial charge >= 0.3 is 6.09 Å². The van der Waals surface area contributed by atoms with Gasteiger partial charge in [-0.3, -0.25) is 0 Å². The predicted octanol–water partition coefficient (Wildman–Crippen LogP) is 2.82. The van der Waals surface area contributed by atoms with Crippen LogP contribution in [-0.4, -0.2) is 29.7 Å². The molecule has 0 N–H and O–H groups in total. The zero-order valence-corrected chi connectivity index (χ0v) is 10.00. The first-order valence-electron chi connectivity index (χ1n) is 4.86. The zero-order valence-electron chi connectivity index (χ0n) is 10.00. The summed E-state index contributed by atoms with van der Waals surface area (Å²) < 4.78 is 5.22.